The van der Waals surface area contributed by atoms with E-state index in [1.54, 1.807) is 6.33 Å². The third-order valence-electron chi connectivity index (χ3n) is 3.46. The lowest BCUT2D eigenvalue weighted by Gasteiger charge is -2.09. The van der Waals surface area contributed by atoms with Crippen molar-refractivity contribution in [1.29, 1.82) is 0 Å². The first kappa shape index (κ1) is 17.6. The van der Waals surface area contributed by atoms with Gasteiger partial charge in [-0.05, 0) is 30.5 Å². The second-order valence-electron chi connectivity index (χ2n) is 5.69. The molecule has 0 atom stereocenters. The van der Waals surface area contributed by atoms with Crippen LogP contribution in [0.15, 0.2) is 35.7 Å². The molecular weight excluding hydrogens is 356 g/mol. The van der Waals surface area contributed by atoms with Crippen molar-refractivity contribution < 1.29 is 4.79 Å². The normalized spacial score (nSPS) is 11.0. The highest BCUT2D eigenvalue weighted by Gasteiger charge is 2.12. The molecular formula is C16H18N6OS2. The average molecular weight is 374 g/mol. The first-order valence-electron chi connectivity index (χ1n) is 7.76. The zero-order valence-electron chi connectivity index (χ0n) is 14.1. The minimum Gasteiger partial charge on any atom is -0.300 e. The van der Waals surface area contributed by atoms with E-state index in [0.29, 0.717) is 16.2 Å². The number of carbonyl (C=O) groups is 1. The Labute approximate surface area is 153 Å². The fraction of sp³-hybridized carbons (Fsp3) is 0.312. The Morgan fingerprint density at radius 2 is 2.00 bits per heavy atom. The van der Waals surface area contributed by atoms with Gasteiger partial charge in [0.05, 0.1) is 5.75 Å². The van der Waals surface area contributed by atoms with Crippen LogP contribution in [0.25, 0.3) is 5.69 Å². The summed E-state index contributed by atoms with van der Waals surface area (Å²) in [5.41, 5.74) is 2.25. The lowest BCUT2D eigenvalue weighted by molar-refractivity contribution is -0.113. The van der Waals surface area contributed by atoms with Gasteiger partial charge in [0.1, 0.15) is 11.3 Å². The summed E-state index contributed by atoms with van der Waals surface area (Å²) in [6, 6.07) is 8.26. The molecule has 0 radical (unpaired) electrons. The Balaban J connectivity index is 1.64. The second-order valence-corrected chi connectivity index (χ2v) is 7.82. The number of nitrogens with one attached hydrogen (secondary N) is 1. The van der Waals surface area contributed by atoms with Gasteiger partial charge >= 0.3 is 0 Å². The molecule has 0 saturated carbocycles. The Kier molecular flexibility index (Phi) is 5.44. The van der Waals surface area contributed by atoms with Crippen LogP contribution in [0.2, 0.25) is 0 Å². The Bertz CT molecular complexity index is 856. The molecule has 3 rings (SSSR count). The number of hydrogen-bond acceptors (Lipinski definition) is 7. The molecule has 0 saturated heterocycles. The van der Waals surface area contributed by atoms with Crippen LogP contribution in [-0.2, 0) is 4.79 Å². The maximum Gasteiger partial charge on any atom is 0.236 e. The van der Waals surface area contributed by atoms with Gasteiger partial charge in [-0.1, -0.05) is 49.1 Å². The molecule has 0 bridgehead atoms. The summed E-state index contributed by atoms with van der Waals surface area (Å²) in [6.07, 6.45) is 1.65. The molecule has 0 aliphatic rings. The molecule has 0 aliphatic heterocycles. The maximum absolute atomic E-state index is 12.0. The van der Waals surface area contributed by atoms with Gasteiger partial charge in [-0.3, -0.25) is 14.7 Å². The van der Waals surface area contributed by atoms with E-state index in [4.69, 9.17) is 0 Å². The summed E-state index contributed by atoms with van der Waals surface area (Å²) in [5.74, 6) is 0.559. The summed E-state index contributed by atoms with van der Waals surface area (Å²) in [4.78, 5) is 12.0. The number of thioether (sulfide) groups is 1. The van der Waals surface area contributed by atoms with Crippen LogP contribution in [0, 0.1) is 6.92 Å². The Hall–Kier alpha value is -2.26. The SMILES string of the molecule is Cc1nnc(NC(=O)CSc2nncn2-c2ccc(C(C)C)cc2)s1. The van der Waals surface area contributed by atoms with E-state index >= 15 is 0 Å². The monoisotopic (exact) mass is 374 g/mol. The molecule has 7 nitrogen and oxygen atoms in total. The molecule has 9 heteroatoms. The molecule has 2 aromatic heterocycles. The van der Waals surface area contributed by atoms with Crippen molar-refractivity contribution in [2.24, 2.45) is 0 Å². The number of aryl methyl sites for hydroxylation is 1. The Morgan fingerprint density at radius 3 is 2.64 bits per heavy atom. The highest BCUT2D eigenvalue weighted by atomic mass is 32.2. The van der Waals surface area contributed by atoms with E-state index < -0.39 is 0 Å². The molecule has 2 heterocycles. The first-order valence-corrected chi connectivity index (χ1v) is 9.56. The third kappa shape index (κ3) is 4.43. The molecule has 1 aromatic carbocycles. The summed E-state index contributed by atoms with van der Waals surface area (Å²) >= 11 is 2.67. The molecule has 0 fully saturated rings. The van der Waals surface area contributed by atoms with Crippen LogP contribution in [-0.4, -0.2) is 36.6 Å². The fourth-order valence-corrected chi connectivity index (χ4v) is 3.49. The maximum atomic E-state index is 12.0. The zero-order chi connectivity index (χ0) is 17.8. The van der Waals surface area contributed by atoms with Gasteiger partial charge in [0, 0.05) is 5.69 Å². The lowest BCUT2D eigenvalue weighted by Crippen LogP contribution is -2.14. The van der Waals surface area contributed by atoms with Gasteiger partial charge in [-0.25, -0.2) is 0 Å². The zero-order valence-corrected chi connectivity index (χ0v) is 15.8. The van der Waals surface area contributed by atoms with Crippen LogP contribution >= 0.6 is 23.1 Å². The minimum atomic E-state index is -0.147. The molecule has 130 valence electrons. The summed E-state index contributed by atoms with van der Waals surface area (Å²) < 4.78 is 1.87. The van der Waals surface area contributed by atoms with Crippen LogP contribution in [0.1, 0.15) is 30.3 Å². The van der Waals surface area contributed by atoms with E-state index in [9.17, 15) is 4.79 Å². The molecule has 25 heavy (non-hydrogen) atoms. The minimum absolute atomic E-state index is 0.147. The van der Waals surface area contributed by atoms with Gasteiger partial charge < -0.3 is 0 Å². The van der Waals surface area contributed by atoms with Crippen LogP contribution in [0.3, 0.4) is 0 Å². The van der Waals surface area contributed by atoms with Crippen molar-refractivity contribution in [2.75, 3.05) is 11.1 Å². The van der Waals surface area contributed by atoms with Crippen LogP contribution in [0.4, 0.5) is 5.13 Å². The molecule has 0 spiro atoms. The fourth-order valence-electron chi connectivity index (χ4n) is 2.15. The van der Waals surface area contributed by atoms with Crippen molar-refractivity contribution in [3.8, 4) is 5.69 Å². The van der Waals surface area contributed by atoms with Crippen LogP contribution < -0.4 is 5.32 Å². The highest BCUT2D eigenvalue weighted by molar-refractivity contribution is 7.99. The summed E-state index contributed by atoms with van der Waals surface area (Å²) in [6.45, 7) is 6.16. The van der Waals surface area contributed by atoms with Gasteiger partial charge in [0.25, 0.3) is 0 Å². The topological polar surface area (TPSA) is 85.6 Å². The average Bonchev–Trinajstić information content (AvgIpc) is 3.22. The number of anilines is 1. The van der Waals surface area contributed by atoms with Crippen molar-refractivity contribution in [2.45, 2.75) is 31.8 Å². The van der Waals surface area contributed by atoms with Gasteiger partial charge in [0.15, 0.2) is 5.16 Å². The van der Waals surface area contributed by atoms with Crippen molar-refractivity contribution >= 4 is 34.1 Å². The summed E-state index contributed by atoms with van der Waals surface area (Å²) in [7, 11) is 0. The number of rotatable bonds is 6. The first-order chi connectivity index (χ1) is 12.0. The number of amides is 1. The largest absolute Gasteiger partial charge is 0.300 e. The quantitative estimate of drug-likeness (QED) is 0.667. The van der Waals surface area contributed by atoms with Crippen molar-refractivity contribution in [1.82, 2.24) is 25.0 Å². The van der Waals surface area contributed by atoms with Gasteiger partial charge in [-0.2, -0.15) is 0 Å². The standard InChI is InChI=1S/C16H18N6OS2/c1-10(2)12-4-6-13(7-5-12)22-9-17-21-16(22)24-8-14(23)18-15-20-19-11(3)25-15/h4-7,9-10H,8H2,1-3H3,(H,18,20,23). The number of nitrogens with zero attached hydrogens (tertiary/aromatic N) is 5. The van der Waals surface area contributed by atoms with Gasteiger partial charge in [0.2, 0.25) is 11.0 Å². The highest BCUT2D eigenvalue weighted by Crippen LogP contribution is 2.22. The molecule has 1 amide bonds. The Morgan fingerprint density at radius 1 is 1.24 bits per heavy atom. The van der Waals surface area contributed by atoms with Crippen molar-refractivity contribution in [3.05, 3.63) is 41.2 Å². The summed E-state index contributed by atoms with van der Waals surface area (Å²) in [5, 5.41) is 20.5. The van der Waals surface area contributed by atoms with Crippen LogP contribution in [0.5, 0.6) is 0 Å². The number of hydrogen-bond donors (Lipinski definition) is 1. The van der Waals surface area contributed by atoms with Gasteiger partial charge in [-0.15, -0.1) is 20.4 Å². The predicted molar refractivity (Wildman–Crippen MR) is 99.4 cm³/mol. The van der Waals surface area contributed by atoms with E-state index in [1.807, 2.05) is 23.6 Å². The number of carbonyl (C=O) groups excluding carboxylic acids is 1. The van der Waals surface area contributed by atoms with Crippen molar-refractivity contribution in [3.63, 3.8) is 0 Å². The predicted octanol–water partition coefficient (Wildman–Crippen LogP) is 3.28. The second kappa shape index (κ2) is 7.75. The molecule has 3 aromatic rings. The van der Waals surface area contributed by atoms with E-state index in [-0.39, 0.29) is 11.7 Å². The number of aromatic nitrogens is 5. The molecule has 0 unspecified atom stereocenters. The third-order valence-corrected chi connectivity index (χ3v) is 5.16. The smallest absolute Gasteiger partial charge is 0.236 e. The molecule has 0 aliphatic carbocycles. The van der Waals surface area contributed by atoms with E-state index in [0.717, 1.165) is 10.7 Å². The molecule has 1 N–H and O–H groups in total. The van der Waals surface area contributed by atoms with E-state index in [2.05, 4.69) is 51.7 Å². The lowest BCUT2D eigenvalue weighted by atomic mass is 10.0. The van der Waals surface area contributed by atoms with E-state index in [1.165, 1.54) is 28.7 Å². The number of benzene rings is 1.